The van der Waals surface area contributed by atoms with E-state index in [0.29, 0.717) is 0 Å². The molecule has 0 amide bonds. The largest absolute Gasteiger partial charge is 0.390 e. The first-order valence-electron chi connectivity index (χ1n) is 7.19. The van der Waals surface area contributed by atoms with Gasteiger partial charge in [0.15, 0.2) is 0 Å². The fourth-order valence-corrected chi connectivity index (χ4v) is 2.62. The highest BCUT2D eigenvalue weighted by atomic mass is 16.3. The van der Waals surface area contributed by atoms with Crippen LogP contribution in [0, 0.1) is 0 Å². The van der Waals surface area contributed by atoms with Crippen LogP contribution < -0.4 is 0 Å². The third kappa shape index (κ3) is 4.11. The lowest BCUT2D eigenvalue weighted by atomic mass is 9.97. The molecule has 2 atom stereocenters. The summed E-state index contributed by atoms with van der Waals surface area (Å²) in [6, 6.07) is 8.91. The maximum Gasteiger partial charge on any atom is 0.0799 e. The molecule has 0 fully saturated rings. The van der Waals surface area contributed by atoms with Gasteiger partial charge in [-0.2, -0.15) is 0 Å². The first-order chi connectivity index (χ1) is 8.75. The highest BCUT2D eigenvalue weighted by Gasteiger charge is 2.15. The van der Waals surface area contributed by atoms with E-state index in [0.717, 1.165) is 51.4 Å². The molecular weight excluding hydrogens is 224 g/mol. The van der Waals surface area contributed by atoms with E-state index in [1.165, 1.54) is 11.1 Å². The molecule has 2 N–H and O–H groups in total. The van der Waals surface area contributed by atoms with Crippen molar-refractivity contribution in [3.8, 4) is 0 Å². The number of hydrogen-bond donors (Lipinski definition) is 2. The van der Waals surface area contributed by atoms with Crippen LogP contribution in [0.15, 0.2) is 24.3 Å². The number of aliphatic hydroxyl groups excluding tert-OH is 2. The van der Waals surface area contributed by atoms with Gasteiger partial charge in [-0.3, -0.25) is 0 Å². The summed E-state index contributed by atoms with van der Waals surface area (Å²) in [7, 11) is 0. The van der Waals surface area contributed by atoms with Crippen molar-refractivity contribution in [3.05, 3.63) is 35.4 Å². The standard InChI is InChI=1S/C16H24O2/c17-15-7-3-1-5-13-9-11-14(12-10-13)6-2-4-8-16(15)18/h9-12,15-18H,1-8H2. The summed E-state index contributed by atoms with van der Waals surface area (Å²) in [4.78, 5) is 0. The smallest absolute Gasteiger partial charge is 0.0799 e. The van der Waals surface area contributed by atoms with Gasteiger partial charge in [0.25, 0.3) is 0 Å². The van der Waals surface area contributed by atoms with Gasteiger partial charge >= 0.3 is 0 Å². The number of aliphatic hydroxyl groups is 2. The molecule has 18 heavy (non-hydrogen) atoms. The summed E-state index contributed by atoms with van der Waals surface area (Å²) < 4.78 is 0. The Hall–Kier alpha value is -0.860. The molecule has 3 rings (SSSR count). The predicted molar refractivity (Wildman–Crippen MR) is 73.6 cm³/mol. The molecule has 2 nitrogen and oxygen atoms in total. The minimum absolute atomic E-state index is 0.533. The molecule has 2 bridgehead atoms. The van der Waals surface area contributed by atoms with Gasteiger partial charge in [-0.05, 0) is 49.7 Å². The van der Waals surface area contributed by atoms with Gasteiger partial charge in [-0.25, -0.2) is 0 Å². The molecule has 2 unspecified atom stereocenters. The zero-order valence-electron chi connectivity index (χ0n) is 11.0. The molecule has 0 aromatic heterocycles. The normalized spacial score (nSPS) is 26.8. The van der Waals surface area contributed by atoms with E-state index in [1.54, 1.807) is 0 Å². The van der Waals surface area contributed by atoms with E-state index in [1.807, 2.05) is 0 Å². The average Bonchev–Trinajstić information content (AvgIpc) is 2.40. The number of rotatable bonds is 0. The summed E-state index contributed by atoms with van der Waals surface area (Å²) in [6.45, 7) is 0. The number of hydrogen-bond acceptors (Lipinski definition) is 2. The molecule has 1 aromatic rings. The Kier molecular flexibility index (Phi) is 5.21. The Morgan fingerprint density at radius 1 is 0.667 bits per heavy atom. The van der Waals surface area contributed by atoms with Gasteiger partial charge in [0, 0.05) is 0 Å². The maximum atomic E-state index is 9.83. The Bertz CT molecular complexity index is 310. The monoisotopic (exact) mass is 248 g/mol. The summed E-state index contributed by atoms with van der Waals surface area (Å²) in [6.07, 6.45) is 6.67. The van der Waals surface area contributed by atoms with Gasteiger partial charge in [-0.15, -0.1) is 0 Å². The zero-order valence-corrected chi connectivity index (χ0v) is 11.0. The van der Waals surface area contributed by atoms with Crippen LogP contribution in [-0.2, 0) is 12.8 Å². The fourth-order valence-electron chi connectivity index (χ4n) is 2.62. The summed E-state index contributed by atoms with van der Waals surface area (Å²) in [5.74, 6) is 0. The molecule has 1 aromatic carbocycles. The molecule has 0 heterocycles. The molecule has 2 aliphatic carbocycles. The van der Waals surface area contributed by atoms with Gasteiger partial charge in [0.2, 0.25) is 0 Å². The van der Waals surface area contributed by atoms with Crippen LogP contribution >= 0.6 is 0 Å². The summed E-state index contributed by atoms with van der Waals surface area (Å²) >= 11 is 0. The van der Waals surface area contributed by atoms with E-state index in [2.05, 4.69) is 24.3 Å². The Morgan fingerprint density at radius 3 is 1.44 bits per heavy atom. The molecule has 100 valence electrons. The highest BCUT2D eigenvalue weighted by molar-refractivity contribution is 5.22. The van der Waals surface area contributed by atoms with Crippen LogP contribution in [0.25, 0.3) is 0 Å². The van der Waals surface area contributed by atoms with Crippen LogP contribution in [0.3, 0.4) is 0 Å². The van der Waals surface area contributed by atoms with Crippen LogP contribution in [0.4, 0.5) is 0 Å². The third-order valence-electron chi connectivity index (χ3n) is 3.90. The van der Waals surface area contributed by atoms with Gasteiger partial charge in [-0.1, -0.05) is 37.1 Å². The van der Waals surface area contributed by atoms with Crippen molar-refractivity contribution in [2.75, 3.05) is 0 Å². The lowest BCUT2D eigenvalue weighted by Crippen LogP contribution is -2.25. The second kappa shape index (κ2) is 6.91. The van der Waals surface area contributed by atoms with E-state index >= 15 is 0 Å². The maximum absolute atomic E-state index is 9.83. The Labute approximate surface area is 110 Å². The van der Waals surface area contributed by atoms with Crippen molar-refractivity contribution in [2.45, 2.75) is 63.6 Å². The number of aryl methyl sites for hydroxylation is 2. The second-order valence-corrected chi connectivity index (χ2v) is 5.44. The predicted octanol–water partition coefficient (Wildman–Crippen LogP) is 2.85. The third-order valence-corrected chi connectivity index (χ3v) is 3.90. The van der Waals surface area contributed by atoms with Crippen molar-refractivity contribution in [3.63, 3.8) is 0 Å². The SMILES string of the molecule is OC1CCCCc2ccc(cc2)CCCCC1O. The van der Waals surface area contributed by atoms with Crippen molar-refractivity contribution < 1.29 is 10.2 Å². The molecule has 2 aliphatic rings. The van der Waals surface area contributed by atoms with E-state index in [9.17, 15) is 10.2 Å². The van der Waals surface area contributed by atoms with Crippen LogP contribution in [0.1, 0.15) is 49.7 Å². The molecule has 0 aliphatic heterocycles. The fraction of sp³-hybridized carbons (Fsp3) is 0.625. The zero-order chi connectivity index (χ0) is 12.8. The molecule has 0 saturated carbocycles. The van der Waals surface area contributed by atoms with Crippen LogP contribution in [-0.4, -0.2) is 22.4 Å². The van der Waals surface area contributed by atoms with Crippen molar-refractivity contribution in [1.29, 1.82) is 0 Å². The first-order valence-corrected chi connectivity index (χ1v) is 7.19. The minimum atomic E-state index is -0.533. The topological polar surface area (TPSA) is 40.5 Å². The lowest BCUT2D eigenvalue weighted by Gasteiger charge is -2.18. The van der Waals surface area contributed by atoms with Crippen molar-refractivity contribution in [1.82, 2.24) is 0 Å². The molecule has 2 heteroatoms. The molecule has 0 radical (unpaired) electrons. The van der Waals surface area contributed by atoms with Gasteiger partial charge in [0.1, 0.15) is 0 Å². The Balaban J connectivity index is 1.97. The molecular formula is C16H24O2. The highest BCUT2D eigenvalue weighted by Crippen LogP contribution is 2.16. The number of fused-ring (bicyclic) bond motifs is 11. The van der Waals surface area contributed by atoms with Crippen molar-refractivity contribution in [2.24, 2.45) is 0 Å². The van der Waals surface area contributed by atoms with Crippen LogP contribution in [0.5, 0.6) is 0 Å². The summed E-state index contributed by atoms with van der Waals surface area (Å²) in [5, 5.41) is 19.7. The van der Waals surface area contributed by atoms with Gasteiger partial charge in [0.05, 0.1) is 12.2 Å². The molecule has 0 spiro atoms. The van der Waals surface area contributed by atoms with E-state index in [-0.39, 0.29) is 0 Å². The average molecular weight is 248 g/mol. The van der Waals surface area contributed by atoms with E-state index < -0.39 is 12.2 Å². The number of benzene rings is 1. The quantitative estimate of drug-likeness (QED) is 0.741. The molecule has 0 saturated heterocycles. The lowest BCUT2D eigenvalue weighted by molar-refractivity contribution is 0.00731. The Morgan fingerprint density at radius 2 is 1.06 bits per heavy atom. The van der Waals surface area contributed by atoms with Gasteiger partial charge < -0.3 is 10.2 Å². The minimum Gasteiger partial charge on any atom is -0.390 e. The van der Waals surface area contributed by atoms with E-state index in [4.69, 9.17) is 0 Å². The van der Waals surface area contributed by atoms with Crippen LogP contribution in [0.2, 0.25) is 0 Å². The first kappa shape index (κ1) is 13.6. The van der Waals surface area contributed by atoms with Crippen molar-refractivity contribution >= 4 is 0 Å². The summed E-state index contributed by atoms with van der Waals surface area (Å²) in [5.41, 5.74) is 2.76. The second-order valence-electron chi connectivity index (χ2n) is 5.44.